The van der Waals surface area contributed by atoms with Gasteiger partial charge in [-0.3, -0.25) is 0 Å². The fourth-order valence-electron chi connectivity index (χ4n) is 2.45. The van der Waals surface area contributed by atoms with E-state index in [0.29, 0.717) is 17.0 Å². The van der Waals surface area contributed by atoms with Crippen molar-refractivity contribution in [1.82, 2.24) is 0 Å². The SMILES string of the molecule is CC1SCCN(c2c(F)cccc2[C@H](C)N)C1C. The molecule has 0 spiro atoms. The van der Waals surface area contributed by atoms with Crippen LogP contribution in [0.4, 0.5) is 10.1 Å². The van der Waals surface area contributed by atoms with Gasteiger partial charge in [0.05, 0.1) is 5.69 Å². The van der Waals surface area contributed by atoms with E-state index >= 15 is 0 Å². The smallest absolute Gasteiger partial charge is 0.146 e. The van der Waals surface area contributed by atoms with Crippen molar-refractivity contribution in [2.75, 3.05) is 17.2 Å². The zero-order valence-corrected chi connectivity index (χ0v) is 12.0. The number of nitrogens with two attached hydrogens (primary N) is 1. The van der Waals surface area contributed by atoms with Gasteiger partial charge < -0.3 is 10.6 Å². The van der Waals surface area contributed by atoms with Crippen LogP contribution in [0.5, 0.6) is 0 Å². The number of rotatable bonds is 2. The van der Waals surface area contributed by atoms with Gasteiger partial charge in [0.25, 0.3) is 0 Å². The Hall–Kier alpha value is -0.740. The van der Waals surface area contributed by atoms with Crippen LogP contribution >= 0.6 is 11.8 Å². The van der Waals surface area contributed by atoms with Gasteiger partial charge in [-0.2, -0.15) is 11.8 Å². The van der Waals surface area contributed by atoms with E-state index in [-0.39, 0.29) is 11.9 Å². The van der Waals surface area contributed by atoms with Crippen molar-refractivity contribution in [3.05, 3.63) is 29.6 Å². The predicted octanol–water partition coefficient (Wildman–Crippen LogP) is 3.18. The molecule has 0 radical (unpaired) electrons. The van der Waals surface area contributed by atoms with E-state index in [1.807, 2.05) is 24.8 Å². The number of hydrogen-bond acceptors (Lipinski definition) is 3. The van der Waals surface area contributed by atoms with Crippen molar-refractivity contribution in [1.29, 1.82) is 0 Å². The minimum absolute atomic E-state index is 0.146. The monoisotopic (exact) mass is 268 g/mol. The molecule has 2 unspecified atom stereocenters. The molecule has 0 bridgehead atoms. The Bertz CT molecular complexity index is 422. The minimum Gasteiger partial charge on any atom is -0.364 e. The van der Waals surface area contributed by atoms with Crippen molar-refractivity contribution >= 4 is 17.4 Å². The second-order valence-electron chi connectivity index (χ2n) is 4.98. The van der Waals surface area contributed by atoms with E-state index in [4.69, 9.17) is 5.73 Å². The van der Waals surface area contributed by atoms with Crippen molar-refractivity contribution in [2.45, 2.75) is 38.1 Å². The topological polar surface area (TPSA) is 29.3 Å². The number of halogens is 1. The molecule has 100 valence electrons. The van der Waals surface area contributed by atoms with Crippen molar-refractivity contribution < 1.29 is 4.39 Å². The first kappa shape index (κ1) is 13.7. The maximum atomic E-state index is 14.2. The van der Waals surface area contributed by atoms with Gasteiger partial charge >= 0.3 is 0 Å². The molecule has 4 heteroatoms. The number of nitrogens with zero attached hydrogens (tertiary/aromatic N) is 1. The molecular weight excluding hydrogens is 247 g/mol. The largest absolute Gasteiger partial charge is 0.364 e. The summed E-state index contributed by atoms with van der Waals surface area (Å²) in [6, 6.07) is 5.39. The minimum atomic E-state index is -0.157. The van der Waals surface area contributed by atoms with Gasteiger partial charge in [0.1, 0.15) is 5.82 Å². The molecule has 1 saturated heterocycles. The van der Waals surface area contributed by atoms with Gasteiger partial charge in [-0.15, -0.1) is 0 Å². The molecule has 1 aliphatic rings. The summed E-state index contributed by atoms with van der Waals surface area (Å²) in [7, 11) is 0. The molecule has 2 nitrogen and oxygen atoms in total. The summed E-state index contributed by atoms with van der Waals surface area (Å²) in [6.07, 6.45) is 0. The Morgan fingerprint density at radius 2 is 2.17 bits per heavy atom. The van der Waals surface area contributed by atoms with Crippen LogP contribution in [0.3, 0.4) is 0 Å². The zero-order valence-electron chi connectivity index (χ0n) is 11.2. The molecule has 1 aromatic carbocycles. The van der Waals surface area contributed by atoms with E-state index in [9.17, 15) is 4.39 Å². The van der Waals surface area contributed by atoms with Crippen LogP contribution < -0.4 is 10.6 Å². The Kier molecular flexibility index (Phi) is 4.17. The maximum Gasteiger partial charge on any atom is 0.146 e. The number of benzene rings is 1. The van der Waals surface area contributed by atoms with E-state index in [1.54, 1.807) is 6.07 Å². The van der Waals surface area contributed by atoms with E-state index in [0.717, 1.165) is 17.9 Å². The van der Waals surface area contributed by atoms with Crippen LogP contribution in [0.1, 0.15) is 32.4 Å². The summed E-state index contributed by atoms with van der Waals surface area (Å²) in [5, 5.41) is 0.513. The first-order valence-corrected chi connectivity index (χ1v) is 7.49. The van der Waals surface area contributed by atoms with E-state index in [1.165, 1.54) is 6.07 Å². The zero-order chi connectivity index (χ0) is 13.3. The normalized spacial score (nSPS) is 26.2. The van der Waals surface area contributed by atoms with Crippen molar-refractivity contribution in [3.63, 3.8) is 0 Å². The highest BCUT2D eigenvalue weighted by Crippen LogP contribution is 2.34. The summed E-state index contributed by atoms with van der Waals surface area (Å²) in [4.78, 5) is 2.18. The third-order valence-corrected chi connectivity index (χ3v) is 5.02. The molecule has 18 heavy (non-hydrogen) atoms. The molecule has 0 amide bonds. The lowest BCUT2D eigenvalue weighted by Crippen LogP contribution is -2.45. The molecule has 1 fully saturated rings. The van der Waals surface area contributed by atoms with Gasteiger partial charge in [-0.1, -0.05) is 19.1 Å². The number of anilines is 1. The molecule has 0 aliphatic carbocycles. The van der Waals surface area contributed by atoms with Crippen LogP contribution in [-0.4, -0.2) is 23.6 Å². The lowest BCUT2D eigenvalue weighted by atomic mass is 10.0. The molecule has 1 aromatic rings. The number of thioether (sulfide) groups is 1. The first-order valence-electron chi connectivity index (χ1n) is 6.44. The Morgan fingerprint density at radius 3 is 2.83 bits per heavy atom. The van der Waals surface area contributed by atoms with E-state index in [2.05, 4.69) is 18.7 Å². The van der Waals surface area contributed by atoms with Gasteiger partial charge in [0.2, 0.25) is 0 Å². The third kappa shape index (κ3) is 2.50. The molecule has 0 saturated carbocycles. The average Bonchev–Trinajstić information content (AvgIpc) is 2.33. The molecule has 1 aliphatic heterocycles. The fourth-order valence-corrected chi connectivity index (χ4v) is 3.55. The van der Waals surface area contributed by atoms with Gasteiger partial charge in [0.15, 0.2) is 0 Å². The second kappa shape index (κ2) is 5.49. The fraction of sp³-hybridized carbons (Fsp3) is 0.571. The van der Waals surface area contributed by atoms with E-state index < -0.39 is 0 Å². The lowest BCUT2D eigenvalue weighted by Gasteiger charge is -2.40. The third-order valence-electron chi connectivity index (χ3n) is 3.68. The van der Waals surface area contributed by atoms with Gasteiger partial charge in [0, 0.05) is 29.6 Å². The Labute approximate surface area is 113 Å². The maximum absolute atomic E-state index is 14.2. The van der Waals surface area contributed by atoms with Crippen molar-refractivity contribution in [3.8, 4) is 0 Å². The Balaban J connectivity index is 2.43. The van der Waals surface area contributed by atoms with Crippen LogP contribution in [0.2, 0.25) is 0 Å². The number of para-hydroxylation sites is 1. The molecule has 0 aromatic heterocycles. The molecule has 2 N–H and O–H groups in total. The Morgan fingerprint density at radius 1 is 1.44 bits per heavy atom. The first-order chi connectivity index (χ1) is 8.52. The number of hydrogen-bond donors (Lipinski definition) is 1. The van der Waals surface area contributed by atoms with Gasteiger partial charge in [-0.05, 0) is 25.5 Å². The van der Waals surface area contributed by atoms with Crippen LogP contribution in [0.25, 0.3) is 0 Å². The highest BCUT2D eigenvalue weighted by Gasteiger charge is 2.29. The van der Waals surface area contributed by atoms with Crippen LogP contribution in [0.15, 0.2) is 18.2 Å². The van der Waals surface area contributed by atoms with Crippen LogP contribution in [0, 0.1) is 5.82 Å². The molecule has 1 heterocycles. The van der Waals surface area contributed by atoms with Gasteiger partial charge in [-0.25, -0.2) is 4.39 Å². The summed E-state index contributed by atoms with van der Waals surface area (Å²) >= 11 is 1.95. The summed E-state index contributed by atoms with van der Waals surface area (Å²) < 4.78 is 14.2. The highest BCUT2D eigenvalue weighted by atomic mass is 32.2. The summed E-state index contributed by atoms with van der Waals surface area (Å²) in [5.74, 6) is 0.883. The summed E-state index contributed by atoms with van der Waals surface area (Å²) in [6.45, 7) is 7.16. The quantitative estimate of drug-likeness (QED) is 0.893. The molecule has 2 rings (SSSR count). The highest BCUT2D eigenvalue weighted by molar-refractivity contribution is 8.00. The predicted molar refractivity (Wildman–Crippen MR) is 77.7 cm³/mol. The second-order valence-corrected chi connectivity index (χ2v) is 6.46. The molecular formula is C14H21FN2S. The average molecular weight is 268 g/mol. The van der Waals surface area contributed by atoms with Crippen LogP contribution in [-0.2, 0) is 0 Å². The van der Waals surface area contributed by atoms with Crippen molar-refractivity contribution in [2.24, 2.45) is 5.73 Å². The molecule has 3 atom stereocenters. The lowest BCUT2D eigenvalue weighted by molar-refractivity contribution is 0.575. The summed E-state index contributed by atoms with van der Waals surface area (Å²) in [5.41, 5.74) is 7.58. The standard InChI is InChI=1S/C14H21FN2S/c1-9(16)12-5-4-6-13(15)14(12)17-7-8-18-11(3)10(17)2/h4-6,9-11H,7-8,16H2,1-3H3/t9-,10?,11?/m0/s1.